The van der Waals surface area contributed by atoms with E-state index in [-0.39, 0.29) is 31.1 Å². The van der Waals surface area contributed by atoms with Gasteiger partial charge in [-0.15, -0.1) is 0 Å². The smallest absolute Gasteiger partial charge is 0.306 e. The third-order valence-electron chi connectivity index (χ3n) is 13.7. The minimum Gasteiger partial charge on any atom is -0.462 e. The molecule has 0 aromatic carbocycles. The van der Waals surface area contributed by atoms with Crippen molar-refractivity contribution in [2.45, 2.75) is 290 Å². The zero-order chi connectivity index (χ0) is 59.2. The van der Waals surface area contributed by atoms with E-state index in [1.165, 1.54) is 83.5 Å². The molecule has 0 aromatic heterocycles. The maximum absolute atomic E-state index is 12.9. The van der Waals surface area contributed by atoms with Gasteiger partial charge in [0, 0.05) is 19.3 Å². The number of hydrogen-bond donors (Lipinski definition) is 0. The highest BCUT2D eigenvalue weighted by atomic mass is 16.6. The van der Waals surface area contributed by atoms with Gasteiger partial charge in [0.25, 0.3) is 0 Å². The minimum absolute atomic E-state index is 0.105. The Kier molecular flexibility index (Phi) is 64.4. The number of unbranched alkanes of at least 4 members (excludes halogenated alkanes) is 22. The summed E-state index contributed by atoms with van der Waals surface area (Å²) in [6, 6.07) is 0. The molecule has 0 aliphatic rings. The van der Waals surface area contributed by atoms with Gasteiger partial charge in [-0.05, 0) is 154 Å². The van der Waals surface area contributed by atoms with Gasteiger partial charge in [0.2, 0.25) is 0 Å². The predicted octanol–water partition coefficient (Wildman–Crippen LogP) is 23.3. The first-order chi connectivity index (χ1) is 40.5. The molecule has 0 spiro atoms. The second kappa shape index (κ2) is 68.5. The average molecular weight is 1130 g/mol. The number of hydrogen-bond acceptors (Lipinski definition) is 6. The fourth-order valence-corrected chi connectivity index (χ4v) is 8.73. The molecule has 6 heteroatoms. The third-order valence-corrected chi connectivity index (χ3v) is 13.7. The average Bonchev–Trinajstić information content (AvgIpc) is 3.47. The zero-order valence-corrected chi connectivity index (χ0v) is 52.9. The molecular formula is C76H122O6. The summed E-state index contributed by atoms with van der Waals surface area (Å²) < 4.78 is 16.9. The molecule has 82 heavy (non-hydrogen) atoms. The molecule has 0 radical (unpaired) electrons. The van der Waals surface area contributed by atoms with Gasteiger partial charge in [-0.25, -0.2) is 0 Å². The van der Waals surface area contributed by atoms with Gasteiger partial charge >= 0.3 is 17.9 Å². The molecule has 0 rings (SSSR count). The van der Waals surface area contributed by atoms with E-state index in [1.807, 2.05) is 0 Å². The summed E-state index contributed by atoms with van der Waals surface area (Å²) >= 11 is 0. The van der Waals surface area contributed by atoms with Crippen LogP contribution in [0.3, 0.4) is 0 Å². The third kappa shape index (κ3) is 65.8. The van der Waals surface area contributed by atoms with Gasteiger partial charge in [-0.1, -0.05) is 269 Å². The van der Waals surface area contributed by atoms with Crippen molar-refractivity contribution in [3.63, 3.8) is 0 Å². The van der Waals surface area contributed by atoms with Crippen LogP contribution in [0, 0.1) is 0 Å². The van der Waals surface area contributed by atoms with E-state index in [1.54, 1.807) is 0 Å². The van der Waals surface area contributed by atoms with Crippen LogP contribution in [-0.4, -0.2) is 37.2 Å². The van der Waals surface area contributed by atoms with Gasteiger partial charge in [-0.3, -0.25) is 14.4 Å². The van der Waals surface area contributed by atoms with Crippen LogP contribution in [0.2, 0.25) is 0 Å². The monoisotopic (exact) mass is 1130 g/mol. The molecule has 0 N–H and O–H groups in total. The second-order valence-corrected chi connectivity index (χ2v) is 21.6. The summed E-state index contributed by atoms with van der Waals surface area (Å²) in [6.07, 6.45) is 99.6. The van der Waals surface area contributed by atoms with Crippen LogP contribution in [0.15, 0.2) is 158 Å². The van der Waals surface area contributed by atoms with Gasteiger partial charge in [0.05, 0.1) is 0 Å². The fourth-order valence-electron chi connectivity index (χ4n) is 8.73. The molecular weight excluding hydrogens is 1010 g/mol. The van der Waals surface area contributed by atoms with E-state index in [9.17, 15) is 14.4 Å². The topological polar surface area (TPSA) is 78.9 Å². The first-order valence-corrected chi connectivity index (χ1v) is 33.5. The van der Waals surface area contributed by atoms with Crippen LogP contribution in [-0.2, 0) is 28.6 Å². The molecule has 0 aliphatic carbocycles. The summed E-state index contributed by atoms with van der Waals surface area (Å²) in [6.45, 7) is 6.44. The maximum atomic E-state index is 12.9. The Morgan fingerprint density at radius 1 is 0.256 bits per heavy atom. The molecule has 462 valence electrons. The Morgan fingerprint density at radius 2 is 0.476 bits per heavy atom. The normalized spacial score (nSPS) is 13.2. The minimum atomic E-state index is -0.811. The number of allylic oxidation sites excluding steroid dienone is 26. The number of esters is 3. The Hall–Kier alpha value is -4.97. The number of carbonyl (C=O) groups excluding carboxylic acids is 3. The molecule has 0 saturated heterocycles. The van der Waals surface area contributed by atoms with Crippen molar-refractivity contribution >= 4 is 17.9 Å². The van der Waals surface area contributed by atoms with Crippen molar-refractivity contribution in [3.05, 3.63) is 158 Å². The molecule has 0 amide bonds. The summed E-state index contributed by atoms with van der Waals surface area (Å²) in [7, 11) is 0. The summed E-state index contributed by atoms with van der Waals surface area (Å²) in [5, 5.41) is 0. The van der Waals surface area contributed by atoms with E-state index in [2.05, 4.69) is 179 Å². The van der Waals surface area contributed by atoms with E-state index in [0.717, 1.165) is 161 Å². The van der Waals surface area contributed by atoms with Crippen LogP contribution >= 0.6 is 0 Å². The molecule has 0 aromatic rings. The summed E-state index contributed by atoms with van der Waals surface area (Å²) in [5.74, 6) is -0.960. The van der Waals surface area contributed by atoms with Crippen molar-refractivity contribution in [2.24, 2.45) is 0 Å². The highest BCUT2D eigenvalue weighted by Crippen LogP contribution is 2.14. The van der Waals surface area contributed by atoms with Crippen molar-refractivity contribution in [3.8, 4) is 0 Å². The largest absolute Gasteiger partial charge is 0.462 e. The van der Waals surface area contributed by atoms with Crippen LogP contribution in [0.1, 0.15) is 284 Å². The molecule has 0 fully saturated rings. The highest BCUT2D eigenvalue weighted by Gasteiger charge is 2.19. The van der Waals surface area contributed by atoms with E-state index in [0.29, 0.717) is 19.3 Å². The first-order valence-electron chi connectivity index (χ1n) is 33.5. The lowest BCUT2D eigenvalue weighted by Crippen LogP contribution is -2.30. The van der Waals surface area contributed by atoms with Gasteiger partial charge < -0.3 is 14.2 Å². The van der Waals surface area contributed by atoms with E-state index in [4.69, 9.17) is 14.2 Å². The molecule has 0 heterocycles. The van der Waals surface area contributed by atoms with Gasteiger partial charge in [0.15, 0.2) is 6.10 Å². The van der Waals surface area contributed by atoms with Crippen molar-refractivity contribution in [2.75, 3.05) is 13.2 Å². The van der Waals surface area contributed by atoms with Gasteiger partial charge in [-0.2, -0.15) is 0 Å². The Bertz CT molecular complexity index is 1830. The number of rotatable bonds is 59. The van der Waals surface area contributed by atoms with E-state index < -0.39 is 6.10 Å². The van der Waals surface area contributed by atoms with E-state index >= 15 is 0 Å². The molecule has 0 aliphatic heterocycles. The lowest BCUT2D eigenvalue weighted by atomic mass is 10.1. The number of ether oxygens (including phenoxy) is 3. The maximum Gasteiger partial charge on any atom is 0.306 e. The molecule has 0 saturated carbocycles. The lowest BCUT2D eigenvalue weighted by Gasteiger charge is -2.18. The van der Waals surface area contributed by atoms with Crippen LogP contribution in [0.25, 0.3) is 0 Å². The summed E-state index contributed by atoms with van der Waals surface area (Å²) in [5.41, 5.74) is 0. The predicted molar refractivity (Wildman–Crippen MR) is 357 cm³/mol. The van der Waals surface area contributed by atoms with Crippen molar-refractivity contribution < 1.29 is 28.6 Å². The molecule has 0 bridgehead atoms. The molecule has 1 unspecified atom stereocenters. The first kappa shape index (κ1) is 77.0. The lowest BCUT2D eigenvalue weighted by molar-refractivity contribution is -0.167. The SMILES string of the molecule is CC/C=C\C/C=C\C/C=C\C/C=C\C/C=C\C/C=C\C/C=C\C/C=C\C/C=C\CCCCCC(=O)OCC(COC(=O)CCCCCCC/C=C\C/C=C\CCCCC)OC(=O)CCCCCCCCC/C=C\C/C=C\CCCCCC. The van der Waals surface area contributed by atoms with Crippen molar-refractivity contribution in [1.29, 1.82) is 0 Å². The van der Waals surface area contributed by atoms with Crippen LogP contribution in [0.4, 0.5) is 0 Å². The number of carbonyl (C=O) groups is 3. The van der Waals surface area contributed by atoms with Gasteiger partial charge in [0.1, 0.15) is 13.2 Å². The molecule has 6 nitrogen and oxygen atoms in total. The van der Waals surface area contributed by atoms with Crippen molar-refractivity contribution in [1.82, 2.24) is 0 Å². The quantitative estimate of drug-likeness (QED) is 0.0261. The van der Waals surface area contributed by atoms with Crippen LogP contribution < -0.4 is 0 Å². The highest BCUT2D eigenvalue weighted by molar-refractivity contribution is 5.71. The standard InChI is InChI=1S/C76H122O6/c1-4-7-10-13-16-19-22-25-28-30-32-33-34-35-36-37-38-39-40-41-42-43-44-46-48-51-54-57-60-63-66-69-75(78)81-72-73(71-80-74(77)68-65-62-59-56-53-50-47-27-24-21-18-15-12-9-6-3)82-76(79)70-67-64-61-58-55-52-49-45-31-29-26-23-20-17-14-11-8-5-2/h7,10,16,18-21,23,25,27-29,31-33,35-36,38-39,41-42,44,46-47,51,54,73H,4-6,8-9,11-15,17,22,24,26,30,34,37,40,43,45,48-50,52-53,55-72H2,1-3H3/b10-7-,19-16-,21-18-,23-20-,28-25-,31-29-,33-32-,36-35-,39-38-,42-41-,46-44-,47-27-,54-51-. The fraction of sp³-hybridized carbons (Fsp3) is 0.618. The molecule has 1 atom stereocenters. The Labute approximate surface area is 505 Å². The summed E-state index contributed by atoms with van der Waals surface area (Å²) in [4.78, 5) is 38.4. The Morgan fingerprint density at radius 3 is 0.780 bits per heavy atom. The zero-order valence-electron chi connectivity index (χ0n) is 52.9. The second-order valence-electron chi connectivity index (χ2n) is 21.6. The van der Waals surface area contributed by atoms with Crippen LogP contribution in [0.5, 0.6) is 0 Å². The Balaban J connectivity index is 4.45.